The topological polar surface area (TPSA) is 20.3 Å². The van der Waals surface area contributed by atoms with Crippen LogP contribution >= 0.6 is 0 Å². The first-order valence-corrected chi connectivity index (χ1v) is 5.56. The Kier molecular flexibility index (Phi) is 4.35. The highest BCUT2D eigenvalue weighted by Crippen LogP contribution is 2.09. The number of carbonyl (C=O) groups excluding carboxylic acids is 1. The Morgan fingerprint density at radius 2 is 1.87 bits per heavy atom. The predicted octanol–water partition coefficient (Wildman–Crippen LogP) is 2.95. The second-order valence-electron chi connectivity index (χ2n) is 3.71. The van der Waals surface area contributed by atoms with Crippen molar-refractivity contribution in [3.05, 3.63) is 35.9 Å². The molecule has 0 aliphatic rings. The number of benzene rings is 1. The van der Waals surface area contributed by atoms with Gasteiger partial charge in [0.05, 0.1) is 0 Å². The summed E-state index contributed by atoms with van der Waals surface area (Å²) in [6, 6.07) is 9.77. The summed E-state index contributed by atoms with van der Waals surface area (Å²) >= 11 is 0. The summed E-state index contributed by atoms with van der Waals surface area (Å²) in [5.41, 5.74) is 0.777. The summed E-state index contributed by atoms with van der Waals surface area (Å²) in [6.07, 6.45) is 0.992. The highest BCUT2D eigenvalue weighted by Gasteiger charge is 2.17. The van der Waals surface area contributed by atoms with E-state index in [1.165, 1.54) is 0 Å². The van der Waals surface area contributed by atoms with Crippen LogP contribution in [-0.2, 0) is 0 Å². The van der Waals surface area contributed by atoms with E-state index in [2.05, 4.69) is 13.8 Å². The molecular formula is C13H19NO. The molecule has 1 aromatic rings. The summed E-state index contributed by atoms with van der Waals surface area (Å²) in [5.74, 6) is 0.132. The summed E-state index contributed by atoms with van der Waals surface area (Å²) in [7, 11) is 0. The van der Waals surface area contributed by atoms with Gasteiger partial charge in [-0.1, -0.05) is 25.1 Å². The number of rotatable bonds is 4. The van der Waals surface area contributed by atoms with Crippen molar-refractivity contribution in [3.63, 3.8) is 0 Å². The van der Waals surface area contributed by atoms with E-state index in [0.717, 1.165) is 18.5 Å². The van der Waals surface area contributed by atoms with E-state index in [-0.39, 0.29) is 5.91 Å². The summed E-state index contributed by atoms with van der Waals surface area (Å²) in [6.45, 7) is 6.98. The minimum Gasteiger partial charge on any atom is -0.336 e. The zero-order chi connectivity index (χ0) is 11.3. The molecule has 2 heteroatoms. The molecule has 0 heterocycles. The lowest BCUT2D eigenvalue weighted by molar-refractivity contribution is 0.0700. The maximum absolute atomic E-state index is 12.1. The summed E-state index contributed by atoms with van der Waals surface area (Å²) < 4.78 is 0. The molecule has 1 rings (SSSR count). The van der Waals surface area contributed by atoms with Crippen molar-refractivity contribution >= 4 is 5.91 Å². The number of hydrogen-bond acceptors (Lipinski definition) is 1. The number of amides is 1. The predicted molar refractivity (Wildman–Crippen MR) is 62.9 cm³/mol. The molecule has 0 saturated heterocycles. The maximum atomic E-state index is 12.1. The van der Waals surface area contributed by atoms with Crippen molar-refractivity contribution in [2.45, 2.75) is 33.2 Å². The average molecular weight is 205 g/mol. The van der Waals surface area contributed by atoms with Gasteiger partial charge >= 0.3 is 0 Å². The van der Waals surface area contributed by atoms with Crippen molar-refractivity contribution in [1.82, 2.24) is 4.90 Å². The first-order valence-electron chi connectivity index (χ1n) is 5.56. The molecule has 1 aromatic carbocycles. The Bertz CT molecular complexity index is 308. The van der Waals surface area contributed by atoms with Gasteiger partial charge in [0, 0.05) is 18.2 Å². The largest absolute Gasteiger partial charge is 0.336 e. The van der Waals surface area contributed by atoms with Crippen molar-refractivity contribution in [3.8, 4) is 0 Å². The van der Waals surface area contributed by atoms with Gasteiger partial charge in [-0.05, 0) is 32.4 Å². The molecule has 0 bridgehead atoms. The van der Waals surface area contributed by atoms with Gasteiger partial charge in [0.1, 0.15) is 0 Å². The minimum atomic E-state index is 0.132. The average Bonchev–Trinajstić information content (AvgIpc) is 2.30. The quantitative estimate of drug-likeness (QED) is 0.740. The molecule has 82 valence electrons. The molecule has 0 aliphatic carbocycles. The number of nitrogens with zero attached hydrogens (tertiary/aromatic N) is 1. The zero-order valence-electron chi connectivity index (χ0n) is 9.73. The fraction of sp³-hybridized carbons (Fsp3) is 0.462. The number of hydrogen-bond donors (Lipinski definition) is 0. The molecule has 0 N–H and O–H groups in total. The van der Waals surface area contributed by atoms with Gasteiger partial charge in [0.15, 0.2) is 0 Å². The molecule has 15 heavy (non-hydrogen) atoms. The van der Waals surface area contributed by atoms with Crippen LogP contribution in [0.15, 0.2) is 30.3 Å². The SMILES string of the molecule is CCC(C)N(CC)C(=O)c1ccccc1. The second-order valence-corrected chi connectivity index (χ2v) is 3.71. The third-order valence-electron chi connectivity index (χ3n) is 2.75. The molecule has 0 saturated carbocycles. The second kappa shape index (κ2) is 5.54. The molecule has 0 spiro atoms. The van der Waals surface area contributed by atoms with Gasteiger partial charge in [0.2, 0.25) is 0 Å². The minimum absolute atomic E-state index is 0.132. The Morgan fingerprint density at radius 3 is 2.33 bits per heavy atom. The fourth-order valence-electron chi connectivity index (χ4n) is 1.62. The van der Waals surface area contributed by atoms with E-state index in [0.29, 0.717) is 6.04 Å². The van der Waals surface area contributed by atoms with Crippen LogP contribution in [0.1, 0.15) is 37.6 Å². The zero-order valence-corrected chi connectivity index (χ0v) is 9.73. The molecule has 2 nitrogen and oxygen atoms in total. The van der Waals surface area contributed by atoms with Crippen molar-refractivity contribution in [1.29, 1.82) is 0 Å². The van der Waals surface area contributed by atoms with Gasteiger partial charge < -0.3 is 4.90 Å². The van der Waals surface area contributed by atoms with E-state index in [9.17, 15) is 4.79 Å². The molecule has 0 fully saturated rings. The standard InChI is InChI=1S/C13H19NO/c1-4-11(3)14(5-2)13(15)12-9-7-6-8-10-12/h6-11H,4-5H2,1-3H3. The van der Waals surface area contributed by atoms with E-state index in [1.807, 2.05) is 42.2 Å². The summed E-state index contributed by atoms with van der Waals surface area (Å²) in [4.78, 5) is 14.0. The highest BCUT2D eigenvalue weighted by atomic mass is 16.2. The fourth-order valence-corrected chi connectivity index (χ4v) is 1.62. The molecular weight excluding hydrogens is 186 g/mol. The first-order chi connectivity index (χ1) is 7.20. The lowest BCUT2D eigenvalue weighted by Crippen LogP contribution is -2.38. The van der Waals surface area contributed by atoms with Crippen LogP contribution in [0.2, 0.25) is 0 Å². The Balaban J connectivity index is 2.83. The normalized spacial score (nSPS) is 12.2. The van der Waals surface area contributed by atoms with E-state index >= 15 is 0 Å². The van der Waals surface area contributed by atoms with E-state index in [4.69, 9.17) is 0 Å². The molecule has 0 aliphatic heterocycles. The molecule has 1 unspecified atom stereocenters. The van der Waals surface area contributed by atoms with Crippen LogP contribution in [0.5, 0.6) is 0 Å². The van der Waals surface area contributed by atoms with Crippen LogP contribution in [-0.4, -0.2) is 23.4 Å². The molecule has 0 aromatic heterocycles. The van der Waals surface area contributed by atoms with Gasteiger partial charge in [0.25, 0.3) is 5.91 Å². The van der Waals surface area contributed by atoms with Gasteiger partial charge in [-0.2, -0.15) is 0 Å². The monoisotopic (exact) mass is 205 g/mol. The molecule has 0 radical (unpaired) electrons. The van der Waals surface area contributed by atoms with Crippen molar-refractivity contribution in [2.75, 3.05) is 6.54 Å². The Labute approximate surface area is 91.9 Å². The van der Waals surface area contributed by atoms with Crippen LogP contribution in [0, 0.1) is 0 Å². The third kappa shape index (κ3) is 2.82. The smallest absolute Gasteiger partial charge is 0.254 e. The summed E-state index contributed by atoms with van der Waals surface area (Å²) in [5, 5.41) is 0. The Morgan fingerprint density at radius 1 is 1.27 bits per heavy atom. The van der Waals surface area contributed by atoms with Crippen molar-refractivity contribution < 1.29 is 4.79 Å². The van der Waals surface area contributed by atoms with Crippen molar-refractivity contribution in [2.24, 2.45) is 0 Å². The number of carbonyl (C=O) groups is 1. The van der Waals surface area contributed by atoms with E-state index < -0.39 is 0 Å². The van der Waals surface area contributed by atoms with Crippen LogP contribution in [0.25, 0.3) is 0 Å². The van der Waals surface area contributed by atoms with Gasteiger partial charge in [-0.15, -0.1) is 0 Å². The van der Waals surface area contributed by atoms with Gasteiger partial charge in [-0.3, -0.25) is 4.79 Å². The lowest BCUT2D eigenvalue weighted by Gasteiger charge is -2.27. The van der Waals surface area contributed by atoms with Crippen LogP contribution < -0.4 is 0 Å². The van der Waals surface area contributed by atoms with Crippen LogP contribution in [0.4, 0.5) is 0 Å². The third-order valence-corrected chi connectivity index (χ3v) is 2.75. The first kappa shape index (κ1) is 11.8. The highest BCUT2D eigenvalue weighted by molar-refractivity contribution is 5.94. The van der Waals surface area contributed by atoms with Crippen LogP contribution in [0.3, 0.4) is 0 Å². The van der Waals surface area contributed by atoms with E-state index in [1.54, 1.807) is 0 Å². The lowest BCUT2D eigenvalue weighted by atomic mass is 10.1. The molecule has 1 atom stereocenters. The van der Waals surface area contributed by atoms with Gasteiger partial charge in [-0.25, -0.2) is 0 Å². The molecule has 1 amide bonds. The maximum Gasteiger partial charge on any atom is 0.254 e. The Hall–Kier alpha value is -1.31.